The SMILES string of the molecule is CC(C)C(N)C(=O)NC(Cc1ccccc1)C(=O)NC(Cc1ccccc1)C(=O)NC(Cc1c[nH]c2ccccc12)C(=O)O. The summed E-state index contributed by atoms with van der Waals surface area (Å²) in [5, 5.41) is 19.1. The van der Waals surface area contributed by atoms with Crippen LogP contribution >= 0.6 is 0 Å². The summed E-state index contributed by atoms with van der Waals surface area (Å²) in [7, 11) is 0. The highest BCUT2D eigenvalue weighted by molar-refractivity contribution is 5.94. The molecule has 230 valence electrons. The van der Waals surface area contributed by atoms with Gasteiger partial charge in [0.1, 0.15) is 18.1 Å². The van der Waals surface area contributed by atoms with Crippen molar-refractivity contribution in [3.8, 4) is 0 Å². The van der Waals surface area contributed by atoms with E-state index in [1.807, 2.05) is 98.8 Å². The van der Waals surface area contributed by atoms with Gasteiger partial charge in [-0.05, 0) is 28.7 Å². The lowest BCUT2D eigenvalue weighted by Crippen LogP contribution is -2.58. The van der Waals surface area contributed by atoms with Gasteiger partial charge in [0.25, 0.3) is 0 Å². The Kier molecular flexibility index (Phi) is 10.9. The van der Waals surface area contributed by atoms with Crippen molar-refractivity contribution in [2.45, 2.75) is 57.3 Å². The first kappa shape index (κ1) is 32.0. The van der Waals surface area contributed by atoms with E-state index < -0.39 is 47.9 Å². The first-order chi connectivity index (χ1) is 21.1. The molecule has 4 aromatic rings. The molecule has 0 fully saturated rings. The molecule has 0 aliphatic carbocycles. The molecule has 0 aliphatic heterocycles. The molecule has 3 amide bonds. The van der Waals surface area contributed by atoms with E-state index >= 15 is 0 Å². The molecule has 4 atom stereocenters. The number of fused-ring (bicyclic) bond motifs is 1. The third kappa shape index (κ3) is 8.54. The average molecular weight is 598 g/mol. The molecule has 44 heavy (non-hydrogen) atoms. The molecule has 0 saturated carbocycles. The molecule has 0 bridgehead atoms. The molecular formula is C34H39N5O5. The number of amides is 3. The predicted octanol–water partition coefficient (Wildman–Crippen LogP) is 2.72. The Morgan fingerprint density at radius 1 is 0.682 bits per heavy atom. The first-order valence-corrected chi connectivity index (χ1v) is 14.6. The Morgan fingerprint density at radius 2 is 1.16 bits per heavy atom. The molecule has 1 heterocycles. The molecule has 10 heteroatoms. The fourth-order valence-electron chi connectivity index (χ4n) is 4.95. The molecule has 4 rings (SSSR count). The van der Waals surface area contributed by atoms with Crippen molar-refractivity contribution >= 4 is 34.6 Å². The number of benzene rings is 3. The largest absolute Gasteiger partial charge is 0.480 e. The summed E-state index contributed by atoms with van der Waals surface area (Å²) >= 11 is 0. The van der Waals surface area contributed by atoms with Gasteiger partial charge < -0.3 is 31.8 Å². The fourth-order valence-corrected chi connectivity index (χ4v) is 4.95. The summed E-state index contributed by atoms with van der Waals surface area (Å²) in [6.07, 6.45) is 2.04. The second-order valence-corrected chi connectivity index (χ2v) is 11.2. The first-order valence-electron chi connectivity index (χ1n) is 14.6. The topological polar surface area (TPSA) is 166 Å². The van der Waals surface area contributed by atoms with Crippen molar-refractivity contribution < 1.29 is 24.3 Å². The normalized spacial score (nSPS) is 13.9. The van der Waals surface area contributed by atoms with E-state index in [9.17, 15) is 24.3 Å². The van der Waals surface area contributed by atoms with Crippen molar-refractivity contribution in [1.82, 2.24) is 20.9 Å². The van der Waals surface area contributed by atoms with E-state index in [1.54, 1.807) is 6.20 Å². The summed E-state index contributed by atoms with van der Waals surface area (Å²) in [4.78, 5) is 55.7. The molecule has 3 aromatic carbocycles. The van der Waals surface area contributed by atoms with Gasteiger partial charge in [-0.25, -0.2) is 4.79 Å². The molecular weight excluding hydrogens is 558 g/mol. The number of nitrogens with one attached hydrogen (secondary N) is 4. The van der Waals surface area contributed by atoms with Crippen LogP contribution in [0.2, 0.25) is 0 Å². The van der Waals surface area contributed by atoms with Crippen LogP contribution in [0.4, 0.5) is 0 Å². The standard InChI is InChI=1S/C34H39N5O5/c1-21(2)30(35)33(42)38-28(18-23-13-7-4-8-14-23)31(40)37-27(17-22-11-5-3-6-12-22)32(41)39-29(34(43)44)19-24-20-36-26-16-10-9-15-25(24)26/h3-16,20-21,27-30,36H,17-19,35H2,1-2H3,(H,37,40)(H,38,42)(H,39,41)(H,43,44). The number of hydrogen-bond acceptors (Lipinski definition) is 5. The average Bonchev–Trinajstić information content (AvgIpc) is 3.43. The van der Waals surface area contributed by atoms with Crippen LogP contribution in [-0.2, 0) is 38.4 Å². The van der Waals surface area contributed by atoms with Crippen LogP contribution in [0.1, 0.15) is 30.5 Å². The van der Waals surface area contributed by atoms with Gasteiger partial charge in [-0.15, -0.1) is 0 Å². The number of aromatic nitrogens is 1. The van der Waals surface area contributed by atoms with Crippen LogP contribution in [0.5, 0.6) is 0 Å². The fraction of sp³-hybridized carbons (Fsp3) is 0.294. The number of nitrogens with two attached hydrogens (primary N) is 1. The zero-order valence-electron chi connectivity index (χ0n) is 24.8. The van der Waals surface area contributed by atoms with E-state index in [0.717, 1.165) is 27.6 Å². The molecule has 0 aliphatic rings. The molecule has 0 saturated heterocycles. The number of aliphatic carboxylic acids is 1. The van der Waals surface area contributed by atoms with Crippen LogP contribution in [0.3, 0.4) is 0 Å². The second-order valence-electron chi connectivity index (χ2n) is 11.2. The van der Waals surface area contributed by atoms with Crippen LogP contribution in [0, 0.1) is 5.92 Å². The van der Waals surface area contributed by atoms with Gasteiger partial charge >= 0.3 is 5.97 Å². The van der Waals surface area contributed by atoms with Gasteiger partial charge in [-0.2, -0.15) is 0 Å². The number of aromatic amines is 1. The monoisotopic (exact) mass is 597 g/mol. The molecule has 10 nitrogen and oxygen atoms in total. The van der Waals surface area contributed by atoms with Gasteiger partial charge in [0.15, 0.2) is 0 Å². The number of hydrogen-bond donors (Lipinski definition) is 6. The highest BCUT2D eigenvalue weighted by Gasteiger charge is 2.31. The van der Waals surface area contributed by atoms with Gasteiger partial charge in [0.2, 0.25) is 17.7 Å². The quantitative estimate of drug-likeness (QED) is 0.131. The highest BCUT2D eigenvalue weighted by Crippen LogP contribution is 2.19. The van der Waals surface area contributed by atoms with Crippen molar-refractivity contribution in [3.05, 3.63) is 108 Å². The van der Waals surface area contributed by atoms with Crippen LogP contribution in [-0.4, -0.2) is 57.9 Å². The number of para-hydroxylation sites is 1. The third-order valence-electron chi connectivity index (χ3n) is 7.57. The maximum Gasteiger partial charge on any atom is 0.326 e. The van der Waals surface area contributed by atoms with Crippen LogP contribution in [0.15, 0.2) is 91.1 Å². The van der Waals surface area contributed by atoms with Gasteiger partial charge in [0.05, 0.1) is 6.04 Å². The lowest BCUT2D eigenvalue weighted by Gasteiger charge is -2.26. The van der Waals surface area contributed by atoms with Gasteiger partial charge in [-0.1, -0.05) is 92.7 Å². The molecule has 0 radical (unpaired) electrons. The number of carboxylic acids is 1. The van der Waals surface area contributed by atoms with E-state index in [4.69, 9.17) is 5.73 Å². The van der Waals surface area contributed by atoms with Crippen LogP contribution in [0.25, 0.3) is 10.9 Å². The van der Waals surface area contributed by atoms with Crippen molar-refractivity contribution in [1.29, 1.82) is 0 Å². The summed E-state index contributed by atoms with van der Waals surface area (Å²) in [6, 6.07) is 21.6. The van der Waals surface area contributed by atoms with E-state index in [2.05, 4.69) is 20.9 Å². The zero-order valence-corrected chi connectivity index (χ0v) is 24.8. The molecule has 7 N–H and O–H groups in total. The number of rotatable bonds is 14. The number of H-pyrrole nitrogens is 1. The summed E-state index contributed by atoms with van der Waals surface area (Å²) in [5.41, 5.74) is 9.23. The minimum atomic E-state index is -1.25. The Balaban J connectivity index is 1.56. The lowest BCUT2D eigenvalue weighted by atomic mass is 10.00. The van der Waals surface area contributed by atoms with Crippen LogP contribution < -0.4 is 21.7 Å². The maximum absolute atomic E-state index is 13.7. The Bertz CT molecular complexity index is 1570. The zero-order chi connectivity index (χ0) is 31.6. The van der Waals surface area contributed by atoms with E-state index in [1.165, 1.54) is 0 Å². The summed E-state index contributed by atoms with van der Waals surface area (Å²) < 4.78 is 0. The number of carbonyl (C=O) groups is 4. The van der Waals surface area contributed by atoms with Crippen molar-refractivity contribution in [2.24, 2.45) is 11.7 Å². The number of carboxylic acid groups (broad SMARTS) is 1. The minimum absolute atomic E-state index is 0.0386. The third-order valence-corrected chi connectivity index (χ3v) is 7.57. The lowest BCUT2D eigenvalue weighted by molar-refractivity contribution is -0.142. The molecule has 1 aromatic heterocycles. The predicted molar refractivity (Wildman–Crippen MR) is 169 cm³/mol. The summed E-state index contributed by atoms with van der Waals surface area (Å²) in [6.45, 7) is 3.62. The summed E-state index contributed by atoms with van der Waals surface area (Å²) in [5.74, 6) is -3.08. The second kappa shape index (κ2) is 15.0. The van der Waals surface area contributed by atoms with Crippen molar-refractivity contribution in [2.75, 3.05) is 0 Å². The Hall–Kier alpha value is -4.96. The molecule has 0 spiro atoms. The van der Waals surface area contributed by atoms with E-state index in [-0.39, 0.29) is 25.2 Å². The Labute approximate surface area is 256 Å². The van der Waals surface area contributed by atoms with Gasteiger partial charge in [0, 0.05) is 36.4 Å². The number of carbonyl (C=O) groups excluding carboxylic acids is 3. The smallest absolute Gasteiger partial charge is 0.326 e. The highest BCUT2D eigenvalue weighted by atomic mass is 16.4. The maximum atomic E-state index is 13.7. The minimum Gasteiger partial charge on any atom is -0.480 e. The van der Waals surface area contributed by atoms with Gasteiger partial charge in [-0.3, -0.25) is 14.4 Å². The Morgan fingerprint density at radius 3 is 1.68 bits per heavy atom. The van der Waals surface area contributed by atoms with E-state index in [0.29, 0.717) is 0 Å². The molecule has 4 unspecified atom stereocenters. The van der Waals surface area contributed by atoms with Crippen molar-refractivity contribution in [3.63, 3.8) is 0 Å².